The molecule has 0 saturated carbocycles. The van der Waals surface area contributed by atoms with Crippen molar-refractivity contribution < 1.29 is 60.7 Å². The van der Waals surface area contributed by atoms with Gasteiger partial charge in [0.15, 0.2) is 0 Å². The van der Waals surface area contributed by atoms with Gasteiger partial charge in [-0.3, -0.25) is 18.1 Å². The fourth-order valence-electron chi connectivity index (χ4n) is 4.06. The van der Waals surface area contributed by atoms with E-state index in [-0.39, 0.29) is 26.1 Å². The molecule has 3 rings (SSSR count). The number of ether oxygens (including phenoxy) is 5. The molecule has 0 bridgehead atoms. The zero-order valence-electron chi connectivity index (χ0n) is 19.5. The van der Waals surface area contributed by atoms with Crippen LogP contribution in [0, 0.1) is 0 Å². The van der Waals surface area contributed by atoms with Crippen LogP contribution in [0.15, 0.2) is 0 Å². The first-order valence-corrected chi connectivity index (χ1v) is 14.0. The van der Waals surface area contributed by atoms with Crippen molar-refractivity contribution >= 4 is 39.2 Å². The minimum absolute atomic E-state index is 0.00521. The zero-order chi connectivity index (χ0) is 25.8. The topological polar surface area (TPSA) is 158 Å². The van der Waals surface area contributed by atoms with Crippen molar-refractivity contribution in [1.82, 2.24) is 0 Å². The summed E-state index contributed by atoms with van der Waals surface area (Å²) in [7, 11) is 10.9. The van der Waals surface area contributed by atoms with Gasteiger partial charge in [-0.2, -0.15) is 0 Å². The van der Waals surface area contributed by atoms with Crippen molar-refractivity contribution in [2.24, 2.45) is 0 Å². The lowest BCUT2D eigenvalue weighted by Crippen LogP contribution is -2.31. The molecule has 0 aliphatic carbocycles. The predicted octanol–water partition coefficient (Wildman–Crippen LogP) is -0.497. The highest BCUT2D eigenvalue weighted by Crippen LogP contribution is 2.50. The maximum absolute atomic E-state index is 12.5. The molecule has 9 unspecified atom stereocenters. The maximum atomic E-state index is 12.5. The summed E-state index contributed by atoms with van der Waals surface area (Å²) in [6.45, 7) is -0.731. The summed E-state index contributed by atoms with van der Waals surface area (Å²) >= 11 is 0. The molecule has 0 spiro atoms. The van der Waals surface area contributed by atoms with E-state index in [1.54, 1.807) is 0 Å². The van der Waals surface area contributed by atoms with Gasteiger partial charge in [0, 0.05) is 32.2 Å². The van der Waals surface area contributed by atoms with Gasteiger partial charge in [0.25, 0.3) is 0 Å². The van der Waals surface area contributed by atoms with Crippen LogP contribution >= 0.6 is 15.6 Å². The van der Waals surface area contributed by atoms with E-state index in [9.17, 15) is 18.9 Å². The first kappa shape index (κ1) is 29.8. The Morgan fingerprint density at radius 3 is 1.49 bits per heavy atom. The van der Waals surface area contributed by atoms with Gasteiger partial charge in [-0.25, -0.2) is 9.13 Å². The average Bonchev–Trinajstić information content (AvgIpc) is 3.41. The summed E-state index contributed by atoms with van der Waals surface area (Å²) in [6.07, 6.45) is -4.13. The molecule has 35 heavy (non-hydrogen) atoms. The highest BCUT2D eigenvalue weighted by Gasteiger charge is 2.43. The predicted molar refractivity (Wildman–Crippen MR) is 121 cm³/mol. The molecule has 194 valence electrons. The van der Waals surface area contributed by atoms with Crippen molar-refractivity contribution in [3.8, 4) is 0 Å². The SMILES string of the molecule is [B]C1CC(OP(=O)(O)OCC2OC([B])C[C@@H]2OP(=O)(O)OCC2OC([B])C[C@@H]2OC)C(COC)O1. The van der Waals surface area contributed by atoms with Crippen molar-refractivity contribution in [2.75, 3.05) is 34.0 Å². The fourth-order valence-corrected chi connectivity index (χ4v) is 5.98. The summed E-state index contributed by atoms with van der Waals surface area (Å²) in [5.74, 6) is 0. The summed E-state index contributed by atoms with van der Waals surface area (Å²) < 4.78 is 71.9. The minimum Gasteiger partial charge on any atom is -0.382 e. The molecule has 6 radical (unpaired) electrons. The Morgan fingerprint density at radius 2 is 1.09 bits per heavy atom. The van der Waals surface area contributed by atoms with Gasteiger partial charge < -0.3 is 33.5 Å². The molecular formula is C17H29B3O13P2. The van der Waals surface area contributed by atoms with E-state index in [2.05, 4.69) is 0 Å². The molecule has 18 heteroatoms. The highest BCUT2D eigenvalue weighted by molar-refractivity contribution is 7.47. The summed E-state index contributed by atoms with van der Waals surface area (Å²) in [6, 6.07) is -2.13. The molecule has 3 saturated heterocycles. The monoisotopic (exact) mass is 536 g/mol. The summed E-state index contributed by atoms with van der Waals surface area (Å²) in [5.41, 5.74) is 0. The number of hydrogen-bond acceptors (Lipinski definition) is 11. The molecule has 13 nitrogen and oxygen atoms in total. The third-order valence-electron chi connectivity index (χ3n) is 5.66. The molecule has 2 N–H and O–H groups in total. The Balaban J connectivity index is 1.51. The highest BCUT2D eigenvalue weighted by atomic mass is 31.2. The summed E-state index contributed by atoms with van der Waals surface area (Å²) in [5, 5.41) is 0. The molecule has 0 aromatic carbocycles. The van der Waals surface area contributed by atoms with E-state index in [1.165, 1.54) is 14.2 Å². The van der Waals surface area contributed by atoms with Gasteiger partial charge in [0.2, 0.25) is 0 Å². The Hall–Kier alpha value is 0.215. The third-order valence-corrected chi connectivity index (χ3v) is 7.69. The second-order valence-corrected chi connectivity index (χ2v) is 11.2. The van der Waals surface area contributed by atoms with Gasteiger partial charge in [-0.05, 0) is 19.3 Å². The largest absolute Gasteiger partial charge is 0.472 e. The van der Waals surface area contributed by atoms with E-state index in [4.69, 9.17) is 65.3 Å². The molecule has 3 aliphatic rings. The van der Waals surface area contributed by atoms with Crippen LogP contribution < -0.4 is 0 Å². The molecule has 3 fully saturated rings. The Bertz CT molecular complexity index is 781. The third kappa shape index (κ3) is 8.89. The van der Waals surface area contributed by atoms with E-state index in [0.717, 1.165) is 0 Å². The Kier molecular flexibility index (Phi) is 10.9. The number of methoxy groups -OCH3 is 2. The normalized spacial score (nSPS) is 41.1. The van der Waals surface area contributed by atoms with Crippen LogP contribution in [0.3, 0.4) is 0 Å². The fraction of sp³-hybridized carbons (Fsp3) is 1.00. The van der Waals surface area contributed by atoms with Crippen LogP contribution in [0.4, 0.5) is 0 Å². The van der Waals surface area contributed by atoms with Crippen molar-refractivity contribution in [3.05, 3.63) is 0 Å². The minimum atomic E-state index is -4.60. The van der Waals surface area contributed by atoms with Crippen LogP contribution in [-0.2, 0) is 50.9 Å². The number of phosphoric acid groups is 2. The molecule has 0 amide bonds. The van der Waals surface area contributed by atoms with Crippen molar-refractivity contribution in [1.29, 1.82) is 0 Å². The first-order chi connectivity index (χ1) is 16.4. The van der Waals surface area contributed by atoms with Gasteiger partial charge in [0.05, 0.1) is 38.1 Å². The van der Waals surface area contributed by atoms with Gasteiger partial charge in [-0.1, -0.05) is 0 Å². The second kappa shape index (κ2) is 12.8. The van der Waals surface area contributed by atoms with E-state index < -0.39 is 76.9 Å². The first-order valence-electron chi connectivity index (χ1n) is 11.0. The lowest BCUT2D eigenvalue weighted by molar-refractivity contribution is -0.0383. The molecule has 3 aliphatic heterocycles. The summed E-state index contributed by atoms with van der Waals surface area (Å²) in [4.78, 5) is 20.3. The maximum Gasteiger partial charge on any atom is 0.472 e. The standard InChI is InChI=1S/C17H29B3O13P2/c1-25-6-12-10(4-16(19)29-12)32-35(23,24)28-8-14-11(5-17(20)31-14)33-34(21,22)27-7-13-9(26-2)3-15(18)30-13/h9-17H,3-8H2,1-2H3,(H,21,22)(H,23,24)/t9-,10?,11-,12?,13?,14?,15?,16?,17?/m0/s1. The van der Waals surface area contributed by atoms with Crippen LogP contribution in [0.5, 0.6) is 0 Å². The second-order valence-electron chi connectivity index (χ2n) is 8.39. The van der Waals surface area contributed by atoms with E-state index in [1.807, 2.05) is 0 Å². The van der Waals surface area contributed by atoms with Crippen molar-refractivity contribution in [2.45, 2.75) is 73.9 Å². The molecule has 11 atom stereocenters. The van der Waals surface area contributed by atoms with Crippen LogP contribution in [0.25, 0.3) is 0 Å². The van der Waals surface area contributed by atoms with Crippen LogP contribution in [0.2, 0.25) is 0 Å². The molecule has 0 aromatic heterocycles. The van der Waals surface area contributed by atoms with E-state index >= 15 is 0 Å². The zero-order valence-corrected chi connectivity index (χ0v) is 21.2. The smallest absolute Gasteiger partial charge is 0.382 e. The lowest BCUT2D eigenvalue weighted by Gasteiger charge is -2.25. The molecular weight excluding hydrogens is 507 g/mol. The Labute approximate surface area is 208 Å². The van der Waals surface area contributed by atoms with E-state index in [0.29, 0.717) is 6.42 Å². The average molecular weight is 536 g/mol. The van der Waals surface area contributed by atoms with Gasteiger partial charge >= 0.3 is 15.6 Å². The molecule has 3 heterocycles. The van der Waals surface area contributed by atoms with Gasteiger partial charge in [0.1, 0.15) is 41.9 Å². The number of phosphoric ester groups is 2. The quantitative estimate of drug-likeness (QED) is 0.230. The van der Waals surface area contributed by atoms with Gasteiger partial charge in [-0.15, -0.1) is 0 Å². The molecule has 0 aromatic rings. The number of rotatable bonds is 13. The number of hydrogen-bond donors (Lipinski definition) is 2. The van der Waals surface area contributed by atoms with Crippen LogP contribution in [0.1, 0.15) is 19.3 Å². The van der Waals surface area contributed by atoms with Crippen molar-refractivity contribution in [3.63, 3.8) is 0 Å². The lowest BCUT2D eigenvalue weighted by atomic mass is 9.96. The van der Waals surface area contributed by atoms with Crippen LogP contribution in [-0.4, -0.2) is 122 Å². The Morgan fingerprint density at radius 1 is 0.714 bits per heavy atom.